The predicted molar refractivity (Wildman–Crippen MR) is 96.1 cm³/mol. The summed E-state index contributed by atoms with van der Waals surface area (Å²) in [5, 5.41) is 4.30. The van der Waals surface area contributed by atoms with Crippen LogP contribution in [0.1, 0.15) is 39.2 Å². The van der Waals surface area contributed by atoms with E-state index < -0.39 is 0 Å². The molecule has 0 bridgehead atoms. The number of aromatic nitrogens is 2. The number of nitrogens with zero attached hydrogens (tertiary/aromatic N) is 2. The number of hydrogen-bond acceptors (Lipinski definition) is 4. The zero-order chi connectivity index (χ0) is 17.4. The Balaban J connectivity index is 2.78. The molecule has 0 aromatic carbocycles. The second-order valence-corrected chi connectivity index (χ2v) is 5.44. The fourth-order valence-electron chi connectivity index (χ4n) is 2.10. The quantitative estimate of drug-likeness (QED) is 0.541. The van der Waals surface area contributed by atoms with Gasteiger partial charge in [-0.3, -0.25) is 4.68 Å². The van der Waals surface area contributed by atoms with Crippen LogP contribution in [0.3, 0.4) is 0 Å². The fourth-order valence-corrected chi connectivity index (χ4v) is 2.10. The lowest BCUT2D eigenvalue weighted by Gasteiger charge is -2.08. The lowest BCUT2D eigenvalue weighted by atomic mass is 10.1. The molecular formula is C18H28N4O. The largest absolute Gasteiger partial charge is 0.494 e. The van der Waals surface area contributed by atoms with Crippen molar-refractivity contribution in [3.8, 4) is 0 Å². The van der Waals surface area contributed by atoms with Crippen molar-refractivity contribution in [1.29, 1.82) is 0 Å². The highest BCUT2D eigenvalue weighted by Gasteiger charge is 2.07. The second-order valence-electron chi connectivity index (χ2n) is 5.44. The van der Waals surface area contributed by atoms with Crippen molar-refractivity contribution in [3.63, 3.8) is 0 Å². The highest BCUT2D eigenvalue weighted by Crippen LogP contribution is 2.20. The Hall–Kier alpha value is -2.43. The number of rotatable bonds is 9. The average molecular weight is 316 g/mol. The third kappa shape index (κ3) is 5.70. The highest BCUT2D eigenvalue weighted by molar-refractivity contribution is 5.73. The molecule has 0 aliphatic rings. The average Bonchev–Trinajstić information content (AvgIpc) is 2.95. The first-order valence-corrected chi connectivity index (χ1v) is 7.84. The van der Waals surface area contributed by atoms with Crippen LogP contribution < -0.4 is 11.5 Å². The van der Waals surface area contributed by atoms with Gasteiger partial charge in [0.05, 0.1) is 19.3 Å². The normalized spacial score (nSPS) is 12.7. The smallest absolute Gasteiger partial charge is 0.119 e. The molecular weight excluding hydrogens is 288 g/mol. The molecule has 0 saturated heterocycles. The van der Waals surface area contributed by atoms with Crippen LogP contribution in [0.2, 0.25) is 0 Å². The molecule has 0 radical (unpaired) electrons. The van der Waals surface area contributed by atoms with Crippen LogP contribution in [0.15, 0.2) is 54.4 Å². The van der Waals surface area contributed by atoms with Crippen molar-refractivity contribution in [3.05, 3.63) is 59.9 Å². The molecule has 1 aromatic rings. The van der Waals surface area contributed by atoms with Gasteiger partial charge in [-0.15, -0.1) is 0 Å². The predicted octanol–water partition coefficient (Wildman–Crippen LogP) is 3.32. The molecule has 0 aliphatic carbocycles. The number of hydrogen-bond donors (Lipinski definition) is 2. The summed E-state index contributed by atoms with van der Waals surface area (Å²) in [5.41, 5.74) is 16.2. The van der Waals surface area contributed by atoms with Gasteiger partial charge in [-0.1, -0.05) is 26.5 Å². The topological polar surface area (TPSA) is 79.1 Å². The molecule has 0 aliphatic heterocycles. The van der Waals surface area contributed by atoms with Crippen LogP contribution in [0.25, 0.3) is 5.57 Å². The summed E-state index contributed by atoms with van der Waals surface area (Å²) in [6.45, 7) is 14.9. The lowest BCUT2D eigenvalue weighted by molar-refractivity contribution is 0.248. The van der Waals surface area contributed by atoms with Gasteiger partial charge in [0.15, 0.2) is 0 Å². The maximum Gasteiger partial charge on any atom is 0.119 e. The van der Waals surface area contributed by atoms with Crippen molar-refractivity contribution in [2.45, 2.75) is 40.2 Å². The Labute approximate surface area is 139 Å². The Morgan fingerprint density at radius 3 is 2.65 bits per heavy atom. The van der Waals surface area contributed by atoms with E-state index in [4.69, 9.17) is 16.2 Å². The van der Waals surface area contributed by atoms with Gasteiger partial charge >= 0.3 is 0 Å². The van der Waals surface area contributed by atoms with Crippen LogP contribution in [0.5, 0.6) is 0 Å². The van der Waals surface area contributed by atoms with Gasteiger partial charge in [0.2, 0.25) is 0 Å². The number of ether oxygens (including phenoxy) is 1. The van der Waals surface area contributed by atoms with E-state index in [0.717, 1.165) is 35.2 Å². The maximum atomic E-state index is 6.08. The molecule has 4 N–H and O–H groups in total. The van der Waals surface area contributed by atoms with Gasteiger partial charge in [0.1, 0.15) is 5.76 Å². The van der Waals surface area contributed by atoms with Crippen LogP contribution in [0.4, 0.5) is 0 Å². The minimum Gasteiger partial charge on any atom is -0.494 e. The van der Waals surface area contributed by atoms with Crippen molar-refractivity contribution >= 4 is 5.57 Å². The summed E-state index contributed by atoms with van der Waals surface area (Å²) in [6.07, 6.45) is 7.40. The Bertz CT molecular complexity index is 623. The lowest BCUT2D eigenvalue weighted by Crippen LogP contribution is -2.09. The van der Waals surface area contributed by atoms with Crippen LogP contribution in [0, 0.1) is 0 Å². The first kappa shape index (κ1) is 18.6. The second kappa shape index (κ2) is 8.88. The third-order valence-electron chi connectivity index (χ3n) is 3.41. The molecule has 0 unspecified atom stereocenters. The van der Waals surface area contributed by atoms with Crippen molar-refractivity contribution in [1.82, 2.24) is 9.78 Å². The molecule has 1 rings (SSSR count). The van der Waals surface area contributed by atoms with Gasteiger partial charge in [-0.25, -0.2) is 0 Å². The van der Waals surface area contributed by atoms with E-state index in [-0.39, 0.29) is 0 Å². The molecule has 1 heterocycles. The first-order valence-electron chi connectivity index (χ1n) is 7.84. The molecule has 5 heteroatoms. The molecule has 0 atom stereocenters. The van der Waals surface area contributed by atoms with E-state index in [0.29, 0.717) is 24.6 Å². The Morgan fingerprint density at radius 1 is 1.35 bits per heavy atom. The highest BCUT2D eigenvalue weighted by atomic mass is 16.5. The molecule has 0 amide bonds. The maximum absolute atomic E-state index is 6.08. The summed E-state index contributed by atoms with van der Waals surface area (Å²) in [5.74, 6) is 0.557. The van der Waals surface area contributed by atoms with E-state index in [1.54, 1.807) is 10.9 Å². The van der Waals surface area contributed by atoms with Crippen LogP contribution in [-0.4, -0.2) is 16.4 Å². The molecule has 0 saturated carbocycles. The van der Waals surface area contributed by atoms with Crippen molar-refractivity contribution in [2.24, 2.45) is 11.5 Å². The van der Waals surface area contributed by atoms with E-state index in [9.17, 15) is 0 Å². The van der Waals surface area contributed by atoms with E-state index in [1.165, 1.54) is 0 Å². The Kier molecular flexibility index (Phi) is 7.19. The summed E-state index contributed by atoms with van der Waals surface area (Å²) >= 11 is 0. The van der Waals surface area contributed by atoms with Gasteiger partial charge in [-0.05, 0) is 31.9 Å². The molecule has 126 valence electrons. The zero-order valence-corrected chi connectivity index (χ0v) is 14.4. The number of allylic oxidation sites excluding steroid dienone is 5. The Morgan fingerprint density at radius 2 is 2.04 bits per heavy atom. The number of nitrogens with two attached hydrogens (primary N) is 2. The minimum atomic E-state index is 0.491. The molecule has 23 heavy (non-hydrogen) atoms. The molecule has 1 aromatic heterocycles. The fraction of sp³-hybridized carbons (Fsp3) is 0.389. The van der Waals surface area contributed by atoms with Crippen LogP contribution in [-0.2, 0) is 11.3 Å². The van der Waals surface area contributed by atoms with E-state index in [2.05, 4.69) is 25.2 Å². The van der Waals surface area contributed by atoms with E-state index >= 15 is 0 Å². The molecule has 5 nitrogen and oxygen atoms in total. The zero-order valence-electron chi connectivity index (χ0n) is 14.4. The van der Waals surface area contributed by atoms with E-state index in [1.807, 2.05) is 26.1 Å². The standard InChI is InChI=1S/C18H28N4O/c1-6-8-18(20)13(3)9-17(19)12-22-11-16(10-21-22)14(4)15(5)23-7-2/h9-11H,4-8,12,19-20H2,1-3H3/b17-9-,18-13-. The first-order chi connectivity index (χ1) is 10.9. The summed E-state index contributed by atoms with van der Waals surface area (Å²) in [6, 6.07) is 0. The van der Waals surface area contributed by atoms with Crippen LogP contribution >= 0.6 is 0 Å². The SMILES string of the molecule is C=C(OCC)C(=C)c1cnn(C/C(N)=C/C(C)=C(\N)CCC)c1. The van der Waals surface area contributed by atoms with Crippen molar-refractivity contribution in [2.75, 3.05) is 6.61 Å². The summed E-state index contributed by atoms with van der Waals surface area (Å²) in [7, 11) is 0. The van der Waals surface area contributed by atoms with Gasteiger partial charge in [0.25, 0.3) is 0 Å². The summed E-state index contributed by atoms with van der Waals surface area (Å²) < 4.78 is 7.12. The van der Waals surface area contributed by atoms with Gasteiger partial charge in [-0.2, -0.15) is 5.10 Å². The third-order valence-corrected chi connectivity index (χ3v) is 3.41. The van der Waals surface area contributed by atoms with Gasteiger partial charge < -0.3 is 16.2 Å². The monoisotopic (exact) mass is 316 g/mol. The summed E-state index contributed by atoms with van der Waals surface area (Å²) in [4.78, 5) is 0. The van der Waals surface area contributed by atoms with Gasteiger partial charge in [0, 0.05) is 28.7 Å². The van der Waals surface area contributed by atoms with Crippen molar-refractivity contribution < 1.29 is 4.74 Å². The molecule has 0 fully saturated rings. The minimum absolute atomic E-state index is 0.491. The molecule has 0 spiro atoms.